The largest absolute Gasteiger partial charge is 0.313 e. The molecular weight excluding hydrogens is 264 g/mol. The zero-order chi connectivity index (χ0) is 13.8. The number of rotatable bonds is 4. The minimum absolute atomic E-state index is 0.418. The molecule has 0 aliphatic carbocycles. The number of thioether (sulfide) groups is 1. The number of nitrogens with one attached hydrogen (secondary N) is 1. The van der Waals surface area contributed by atoms with Gasteiger partial charge < -0.3 is 5.32 Å². The molecule has 0 spiro atoms. The van der Waals surface area contributed by atoms with Crippen LogP contribution in [0.5, 0.6) is 0 Å². The van der Waals surface area contributed by atoms with Gasteiger partial charge >= 0.3 is 0 Å². The van der Waals surface area contributed by atoms with Crippen molar-refractivity contribution in [3.8, 4) is 0 Å². The van der Waals surface area contributed by atoms with Crippen molar-refractivity contribution in [2.75, 3.05) is 18.6 Å². The molecule has 1 saturated heterocycles. The molecule has 1 unspecified atom stereocenters. The molecule has 1 atom stereocenters. The maximum absolute atomic E-state index is 4.60. The van der Waals surface area contributed by atoms with Crippen LogP contribution in [0, 0.1) is 5.92 Å². The minimum atomic E-state index is 0.418. The number of fused-ring (bicyclic) bond motifs is 1. The van der Waals surface area contributed by atoms with Crippen molar-refractivity contribution in [2.24, 2.45) is 5.92 Å². The first-order valence-corrected chi connectivity index (χ1v) is 8.62. The first-order chi connectivity index (χ1) is 9.88. The highest BCUT2D eigenvalue weighted by atomic mass is 32.2. The van der Waals surface area contributed by atoms with E-state index in [1.54, 1.807) is 0 Å². The zero-order valence-corrected chi connectivity index (χ0v) is 12.8. The van der Waals surface area contributed by atoms with Crippen molar-refractivity contribution < 1.29 is 0 Å². The fourth-order valence-corrected chi connectivity index (χ4v) is 4.33. The Morgan fingerprint density at radius 3 is 2.85 bits per heavy atom. The van der Waals surface area contributed by atoms with Gasteiger partial charge in [-0.15, -0.1) is 0 Å². The molecule has 0 radical (unpaired) electrons. The van der Waals surface area contributed by atoms with E-state index in [9.17, 15) is 0 Å². The van der Waals surface area contributed by atoms with E-state index in [-0.39, 0.29) is 0 Å². The number of pyridine rings is 1. The Balaban J connectivity index is 1.86. The van der Waals surface area contributed by atoms with E-state index >= 15 is 0 Å². The number of benzene rings is 1. The topological polar surface area (TPSA) is 24.9 Å². The average molecular weight is 286 g/mol. The summed E-state index contributed by atoms with van der Waals surface area (Å²) in [5.74, 6) is 3.51. The Hall–Kier alpha value is -1.06. The second-order valence-corrected chi connectivity index (χ2v) is 6.78. The lowest BCUT2D eigenvalue weighted by Gasteiger charge is -2.27. The number of aromatic nitrogens is 1. The second kappa shape index (κ2) is 6.59. The molecule has 0 bridgehead atoms. The highest BCUT2D eigenvalue weighted by Gasteiger charge is 2.20. The standard InChI is InChI=1S/C17H22N2S/c1-18-16(12-13-7-10-20-11-8-13)15-6-2-4-14-5-3-9-19-17(14)15/h2-6,9,13,16,18H,7-8,10-12H2,1H3. The molecule has 1 fully saturated rings. The smallest absolute Gasteiger partial charge is 0.0749 e. The fraction of sp³-hybridized carbons (Fsp3) is 0.471. The molecule has 3 rings (SSSR count). The third-order valence-corrected chi connectivity index (χ3v) is 5.35. The van der Waals surface area contributed by atoms with Crippen molar-refractivity contribution in [2.45, 2.75) is 25.3 Å². The zero-order valence-electron chi connectivity index (χ0n) is 12.0. The van der Waals surface area contributed by atoms with Crippen LogP contribution < -0.4 is 5.32 Å². The average Bonchev–Trinajstić information content (AvgIpc) is 2.53. The van der Waals surface area contributed by atoms with Crippen LogP contribution >= 0.6 is 11.8 Å². The van der Waals surface area contributed by atoms with Gasteiger partial charge in [0.1, 0.15) is 0 Å². The predicted molar refractivity (Wildman–Crippen MR) is 88.2 cm³/mol. The molecule has 3 heteroatoms. The van der Waals surface area contributed by atoms with Crippen molar-refractivity contribution in [1.82, 2.24) is 10.3 Å². The number of nitrogens with zero attached hydrogens (tertiary/aromatic N) is 1. The van der Waals surface area contributed by atoms with E-state index in [2.05, 4.69) is 53.4 Å². The van der Waals surface area contributed by atoms with Gasteiger partial charge in [-0.1, -0.05) is 24.3 Å². The first kappa shape index (κ1) is 13.9. The highest BCUT2D eigenvalue weighted by Crippen LogP contribution is 2.32. The van der Waals surface area contributed by atoms with Gasteiger partial charge in [0.05, 0.1) is 5.52 Å². The van der Waals surface area contributed by atoms with E-state index in [4.69, 9.17) is 0 Å². The monoisotopic (exact) mass is 286 g/mol. The lowest BCUT2D eigenvalue weighted by atomic mass is 9.90. The lowest BCUT2D eigenvalue weighted by Crippen LogP contribution is -2.22. The van der Waals surface area contributed by atoms with Crippen LogP contribution in [0.3, 0.4) is 0 Å². The van der Waals surface area contributed by atoms with Gasteiger partial charge in [-0.2, -0.15) is 11.8 Å². The summed E-state index contributed by atoms with van der Waals surface area (Å²) < 4.78 is 0. The van der Waals surface area contributed by atoms with Crippen molar-refractivity contribution >= 4 is 22.7 Å². The van der Waals surface area contributed by atoms with E-state index in [1.807, 2.05) is 12.3 Å². The third kappa shape index (κ3) is 2.99. The Morgan fingerprint density at radius 1 is 1.25 bits per heavy atom. The molecule has 1 aliphatic heterocycles. The lowest BCUT2D eigenvalue weighted by molar-refractivity contribution is 0.385. The van der Waals surface area contributed by atoms with Gasteiger partial charge in [0, 0.05) is 17.6 Å². The van der Waals surface area contributed by atoms with Gasteiger partial charge in [0.15, 0.2) is 0 Å². The maximum atomic E-state index is 4.60. The van der Waals surface area contributed by atoms with Crippen molar-refractivity contribution in [3.63, 3.8) is 0 Å². The van der Waals surface area contributed by atoms with E-state index < -0.39 is 0 Å². The summed E-state index contributed by atoms with van der Waals surface area (Å²) in [5.41, 5.74) is 2.50. The molecule has 106 valence electrons. The van der Waals surface area contributed by atoms with Gasteiger partial charge in [0.2, 0.25) is 0 Å². The van der Waals surface area contributed by atoms with Crippen LogP contribution in [0.4, 0.5) is 0 Å². The predicted octanol–water partition coefficient (Wildman–Crippen LogP) is 4.03. The third-order valence-electron chi connectivity index (χ3n) is 4.30. The molecule has 0 amide bonds. The Bertz CT molecular complexity index is 558. The number of hydrogen-bond donors (Lipinski definition) is 1. The Labute approximate surface area is 125 Å². The number of hydrogen-bond acceptors (Lipinski definition) is 3. The summed E-state index contributed by atoms with van der Waals surface area (Å²) >= 11 is 2.10. The SMILES string of the molecule is CNC(CC1CCSCC1)c1cccc2cccnc12. The minimum Gasteiger partial charge on any atom is -0.313 e. The molecule has 1 aromatic heterocycles. The molecule has 2 aromatic rings. The summed E-state index contributed by atoms with van der Waals surface area (Å²) in [6, 6.07) is 11.1. The van der Waals surface area contributed by atoms with Gasteiger partial charge in [-0.05, 0) is 55.4 Å². The van der Waals surface area contributed by atoms with E-state index in [0.29, 0.717) is 6.04 Å². The van der Waals surface area contributed by atoms with Gasteiger partial charge in [-0.25, -0.2) is 0 Å². The summed E-state index contributed by atoms with van der Waals surface area (Å²) in [7, 11) is 2.07. The molecule has 2 nitrogen and oxygen atoms in total. The van der Waals surface area contributed by atoms with Crippen molar-refractivity contribution in [1.29, 1.82) is 0 Å². The van der Waals surface area contributed by atoms with Crippen LogP contribution in [0.15, 0.2) is 36.5 Å². The Morgan fingerprint density at radius 2 is 2.05 bits per heavy atom. The molecule has 20 heavy (non-hydrogen) atoms. The molecule has 1 aliphatic rings. The van der Waals surface area contributed by atoms with E-state index in [0.717, 1.165) is 11.4 Å². The summed E-state index contributed by atoms with van der Waals surface area (Å²) in [6.07, 6.45) is 5.85. The van der Waals surface area contributed by atoms with Gasteiger partial charge in [-0.3, -0.25) is 4.98 Å². The molecular formula is C17H22N2S. The second-order valence-electron chi connectivity index (χ2n) is 5.56. The quantitative estimate of drug-likeness (QED) is 0.918. The first-order valence-electron chi connectivity index (χ1n) is 7.47. The van der Waals surface area contributed by atoms with Gasteiger partial charge in [0.25, 0.3) is 0 Å². The molecule has 1 aromatic carbocycles. The van der Waals surface area contributed by atoms with Crippen LogP contribution in [0.1, 0.15) is 30.9 Å². The normalized spacial score (nSPS) is 18.2. The molecule has 2 heterocycles. The molecule has 0 saturated carbocycles. The number of para-hydroxylation sites is 1. The molecule has 1 N–H and O–H groups in total. The van der Waals surface area contributed by atoms with Crippen LogP contribution in [-0.2, 0) is 0 Å². The maximum Gasteiger partial charge on any atom is 0.0749 e. The van der Waals surface area contributed by atoms with Crippen molar-refractivity contribution in [3.05, 3.63) is 42.1 Å². The summed E-state index contributed by atoms with van der Waals surface area (Å²) in [4.78, 5) is 4.60. The fourth-order valence-electron chi connectivity index (χ4n) is 3.12. The Kier molecular flexibility index (Phi) is 4.58. The summed E-state index contributed by atoms with van der Waals surface area (Å²) in [6.45, 7) is 0. The van der Waals surface area contributed by atoms with E-state index in [1.165, 1.54) is 41.7 Å². The van der Waals surface area contributed by atoms with Crippen LogP contribution in [0.25, 0.3) is 10.9 Å². The van der Waals surface area contributed by atoms with Crippen LogP contribution in [-0.4, -0.2) is 23.5 Å². The van der Waals surface area contributed by atoms with Crippen LogP contribution in [0.2, 0.25) is 0 Å². The highest BCUT2D eigenvalue weighted by molar-refractivity contribution is 7.99. The summed E-state index contributed by atoms with van der Waals surface area (Å²) in [5, 5.41) is 4.75.